The van der Waals surface area contributed by atoms with Crippen molar-refractivity contribution in [2.45, 2.75) is 6.04 Å². The zero-order valence-electron chi connectivity index (χ0n) is 8.27. The van der Waals surface area contributed by atoms with Gasteiger partial charge in [-0.15, -0.1) is 0 Å². The van der Waals surface area contributed by atoms with Crippen molar-refractivity contribution in [1.82, 2.24) is 0 Å². The average molecular weight is 191 g/mol. The Morgan fingerprint density at radius 3 is 2.71 bits per heavy atom. The average Bonchev–Trinajstić information content (AvgIpc) is 2.26. The Morgan fingerprint density at radius 1 is 1.43 bits per heavy atom. The van der Waals surface area contributed by atoms with Crippen LogP contribution in [0.1, 0.15) is 11.6 Å². The van der Waals surface area contributed by atoms with Gasteiger partial charge >= 0.3 is 0 Å². The molecule has 1 unspecified atom stereocenters. The van der Waals surface area contributed by atoms with E-state index < -0.39 is 0 Å². The molecule has 4 nitrogen and oxygen atoms in total. The lowest BCUT2D eigenvalue weighted by Crippen LogP contribution is -1.99. The molecule has 14 heavy (non-hydrogen) atoms. The van der Waals surface area contributed by atoms with Crippen LogP contribution in [0.3, 0.4) is 0 Å². The Morgan fingerprint density at radius 2 is 2.14 bits per heavy atom. The van der Waals surface area contributed by atoms with Gasteiger partial charge < -0.3 is 4.74 Å². The third-order valence-corrected chi connectivity index (χ3v) is 1.89. The predicted molar refractivity (Wildman–Crippen MR) is 55.3 cm³/mol. The summed E-state index contributed by atoms with van der Waals surface area (Å²) in [5, 5.41) is 3.48. The van der Waals surface area contributed by atoms with Crippen molar-refractivity contribution in [3.63, 3.8) is 0 Å². The van der Waals surface area contributed by atoms with Gasteiger partial charge in [-0.3, -0.25) is 4.99 Å². The van der Waals surface area contributed by atoms with Gasteiger partial charge in [-0.25, -0.2) is 5.53 Å². The summed E-state index contributed by atoms with van der Waals surface area (Å²) in [5.41, 5.74) is 7.91. The molecule has 0 bridgehead atoms. The topological polar surface area (TPSA) is 57.8 Å². The van der Waals surface area contributed by atoms with Crippen LogP contribution in [0, 0.1) is 5.53 Å². The van der Waals surface area contributed by atoms with Crippen molar-refractivity contribution < 1.29 is 4.74 Å². The molecule has 1 N–H and O–H groups in total. The second-order valence-electron chi connectivity index (χ2n) is 2.72. The van der Waals surface area contributed by atoms with Gasteiger partial charge in [0, 0.05) is 18.8 Å². The maximum absolute atomic E-state index is 7.05. The summed E-state index contributed by atoms with van der Waals surface area (Å²) in [5.74, 6) is 0.730. The minimum atomic E-state index is -0.351. The number of hydrogen-bond acceptors (Lipinski definition) is 4. The number of hydrogen-bond donors (Lipinski definition) is 1. The molecule has 0 saturated heterocycles. The molecule has 1 atom stereocenters. The van der Waals surface area contributed by atoms with Crippen molar-refractivity contribution >= 4 is 6.21 Å². The normalized spacial score (nSPS) is 12.7. The lowest BCUT2D eigenvalue weighted by atomic mass is 10.1. The second kappa shape index (κ2) is 5.11. The SMILES string of the molecule is CN=CC(N=N)c1ccccc1OC. The number of aliphatic imine (C=N–C) groups is 1. The van der Waals surface area contributed by atoms with Gasteiger partial charge in [0.25, 0.3) is 0 Å². The van der Waals surface area contributed by atoms with E-state index in [1.54, 1.807) is 20.4 Å². The third-order valence-electron chi connectivity index (χ3n) is 1.89. The molecule has 0 aliphatic heterocycles. The molecule has 4 heteroatoms. The second-order valence-corrected chi connectivity index (χ2v) is 2.72. The predicted octanol–water partition coefficient (Wildman–Crippen LogP) is 2.47. The van der Waals surface area contributed by atoms with Crippen LogP contribution in [0.25, 0.3) is 0 Å². The largest absolute Gasteiger partial charge is 0.496 e. The summed E-state index contributed by atoms with van der Waals surface area (Å²) in [6.45, 7) is 0. The standard InChI is InChI=1S/C10H13N3O/c1-12-7-9(13-11)8-5-3-4-6-10(8)14-2/h3-7,9,11H,1-2H3. The van der Waals surface area contributed by atoms with E-state index in [4.69, 9.17) is 10.3 Å². The Kier molecular flexibility index (Phi) is 3.79. The van der Waals surface area contributed by atoms with E-state index in [2.05, 4.69) is 10.1 Å². The van der Waals surface area contributed by atoms with E-state index in [0.717, 1.165) is 11.3 Å². The molecule has 0 aliphatic rings. The summed E-state index contributed by atoms with van der Waals surface area (Å²) in [7, 11) is 3.26. The summed E-state index contributed by atoms with van der Waals surface area (Å²) in [4.78, 5) is 3.86. The molecular weight excluding hydrogens is 178 g/mol. The number of methoxy groups -OCH3 is 1. The Hall–Kier alpha value is -1.71. The first-order valence-corrected chi connectivity index (χ1v) is 4.25. The fraction of sp³-hybridized carbons (Fsp3) is 0.300. The van der Waals surface area contributed by atoms with E-state index in [-0.39, 0.29) is 6.04 Å². The molecule has 1 aromatic carbocycles. The van der Waals surface area contributed by atoms with E-state index in [1.807, 2.05) is 24.3 Å². The maximum atomic E-state index is 7.05. The Labute approximate surface area is 83.1 Å². The van der Waals surface area contributed by atoms with Gasteiger partial charge in [0.05, 0.1) is 7.11 Å². The zero-order valence-corrected chi connectivity index (χ0v) is 8.27. The van der Waals surface area contributed by atoms with Gasteiger partial charge in [0.2, 0.25) is 0 Å². The van der Waals surface area contributed by atoms with Crippen LogP contribution in [0.4, 0.5) is 0 Å². The maximum Gasteiger partial charge on any atom is 0.134 e. The number of benzene rings is 1. The first-order chi connectivity index (χ1) is 6.83. The molecule has 0 heterocycles. The summed E-state index contributed by atoms with van der Waals surface area (Å²) in [6, 6.07) is 7.14. The molecule has 0 fully saturated rings. The van der Waals surface area contributed by atoms with E-state index in [0.29, 0.717) is 0 Å². The monoisotopic (exact) mass is 191 g/mol. The van der Waals surface area contributed by atoms with Gasteiger partial charge in [0.1, 0.15) is 11.8 Å². The third kappa shape index (κ3) is 2.16. The minimum absolute atomic E-state index is 0.351. The minimum Gasteiger partial charge on any atom is -0.496 e. The van der Waals surface area contributed by atoms with Crippen LogP contribution in [0.15, 0.2) is 34.4 Å². The van der Waals surface area contributed by atoms with E-state index >= 15 is 0 Å². The van der Waals surface area contributed by atoms with E-state index in [1.165, 1.54) is 0 Å². The van der Waals surface area contributed by atoms with Gasteiger partial charge in [-0.2, -0.15) is 5.11 Å². The van der Waals surface area contributed by atoms with Crippen LogP contribution in [0.2, 0.25) is 0 Å². The highest BCUT2D eigenvalue weighted by Gasteiger charge is 2.11. The molecule has 0 saturated carbocycles. The Balaban J connectivity index is 3.08. The fourth-order valence-corrected chi connectivity index (χ4v) is 1.24. The molecule has 74 valence electrons. The summed E-state index contributed by atoms with van der Waals surface area (Å²) in [6.07, 6.45) is 1.62. The number of nitrogens with zero attached hydrogens (tertiary/aromatic N) is 2. The first-order valence-electron chi connectivity index (χ1n) is 4.25. The highest BCUT2D eigenvalue weighted by Crippen LogP contribution is 2.25. The summed E-state index contributed by atoms with van der Waals surface area (Å²) >= 11 is 0. The van der Waals surface area contributed by atoms with Gasteiger partial charge in [-0.1, -0.05) is 18.2 Å². The van der Waals surface area contributed by atoms with E-state index in [9.17, 15) is 0 Å². The number of rotatable bonds is 4. The van der Waals surface area contributed by atoms with Crippen LogP contribution in [-0.2, 0) is 0 Å². The van der Waals surface area contributed by atoms with Gasteiger partial charge in [0.15, 0.2) is 0 Å². The lowest BCUT2D eigenvalue weighted by molar-refractivity contribution is 0.408. The smallest absolute Gasteiger partial charge is 0.134 e. The zero-order chi connectivity index (χ0) is 10.4. The first kappa shape index (κ1) is 10.4. The molecule has 0 radical (unpaired) electrons. The van der Waals surface area contributed by atoms with Crippen molar-refractivity contribution in [2.75, 3.05) is 14.2 Å². The molecule has 0 aliphatic carbocycles. The summed E-state index contributed by atoms with van der Waals surface area (Å²) < 4.78 is 5.17. The van der Waals surface area contributed by atoms with Crippen molar-refractivity contribution in [3.8, 4) is 5.75 Å². The fourth-order valence-electron chi connectivity index (χ4n) is 1.24. The van der Waals surface area contributed by atoms with Crippen molar-refractivity contribution in [2.24, 2.45) is 10.1 Å². The molecule has 0 aromatic heterocycles. The van der Waals surface area contributed by atoms with Gasteiger partial charge in [-0.05, 0) is 6.07 Å². The van der Waals surface area contributed by atoms with Crippen molar-refractivity contribution in [3.05, 3.63) is 29.8 Å². The molecular formula is C10H13N3O. The molecule has 1 aromatic rings. The number of para-hydroxylation sites is 1. The highest BCUT2D eigenvalue weighted by atomic mass is 16.5. The molecule has 0 spiro atoms. The van der Waals surface area contributed by atoms with Crippen molar-refractivity contribution in [1.29, 1.82) is 5.53 Å². The highest BCUT2D eigenvalue weighted by molar-refractivity contribution is 5.68. The van der Waals surface area contributed by atoms with Crippen LogP contribution in [-0.4, -0.2) is 20.4 Å². The molecule has 1 rings (SSSR count). The van der Waals surface area contributed by atoms with Crippen LogP contribution >= 0.6 is 0 Å². The Bertz CT molecular complexity index is 336. The van der Waals surface area contributed by atoms with Crippen LogP contribution in [0.5, 0.6) is 5.75 Å². The lowest BCUT2D eigenvalue weighted by Gasteiger charge is -2.10. The number of nitrogens with one attached hydrogen (secondary N) is 1. The number of ether oxygens (including phenoxy) is 1. The quantitative estimate of drug-likeness (QED) is 0.576. The van der Waals surface area contributed by atoms with Crippen LogP contribution < -0.4 is 4.74 Å². The molecule has 0 amide bonds.